The summed E-state index contributed by atoms with van der Waals surface area (Å²) in [5.74, 6) is 1.38. The van der Waals surface area contributed by atoms with Crippen molar-refractivity contribution >= 4 is 11.6 Å². The predicted octanol–water partition coefficient (Wildman–Crippen LogP) is 4.07. The molecule has 1 heterocycles. The zero-order valence-electron chi connectivity index (χ0n) is 10.9. The summed E-state index contributed by atoms with van der Waals surface area (Å²) in [6, 6.07) is 2.06. The molecule has 2 nitrogen and oxygen atoms in total. The molecule has 0 aromatic carbocycles. The van der Waals surface area contributed by atoms with Crippen molar-refractivity contribution in [3.8, 4) is 5.75 Å². The van der Waals surface area contributed by atoms with Crippen LogP contribution < -0.4 is 4.74 Å². The standard InChI is InChI=1S/C14H22ClNO/c1-4-7-17-13-8-12(9-16-10-13)5-6-14(15)11(2)3/h8-11,14H,4-7H2,1-3H3. The molecule has 0 aliphatic heterocycles. The van der Waals surface area contributed by atoms with Gasteiger partial charge in [-0.15, -0.1) is 11.6 Å². The number of alkyl halides is 1. The fourth-order valence-electron chi connectivity index (χ4n) is 1.54. The molecule has 17 heavy (non-hydrogen) atoms. The van der Waals surface area contributed by atoms with Crippen molar-refractivity contribution in [2.75, 3.05) is 6.61 Å². The van der Waals surface area contributed by atoms with Crippen molar-refractivity contribution in [3.05, 3.63) is 24.0 Å². The van der Waals surface area contributed by atoms with Gasteiger partial charge in [0.05, 0.1) is 12.8 Å². The number of aryl methyl sites for hydroxylation is 1. The summed E-state index contributed by atoms with van der Waals surface area (Å²) in [5.41, 5.74) is 1.20. The highest BCUT2D eigenvalue weighted by atomic mass is 35.5. The highest BCUT2D eigenvalue weighted by Crippen LogP contribution is 2.18. The van der Waals surface area contributed by atoms with Gasteiger partial charge in [-0.2, -0.15) is 0 Å². The van der Waals surface area contributed by atoms with Crippen LogP contribution >= 0.6 is 11.6 Å². The first-order valence-electron chi connectivity index (χ1n) is 6.34. The van der Waals surface area contributed by atoms with Crippen LogP contribution in [0.1, 0.15) is 39.2 Å². The average Bonchev–Trinajstić information content (AvgIpc) is 2.33. The van der Waals surface area contributed by atoms with Crippen molar-refractivity contribution in [2.45, 2.75) is 45.4 Å². The van der Waals surface area contributed by atoms with Gasteiger partial charge in [0.15, 0.2) is 0 Å². The summed E-state index contributed by atoms with van der Waals surface area (Å²) in [6.45, 7) is 7.14. The van der Waals surface area contributed by atoms with E-state index in [1.54, 1.807) is 6.20 Å². The number of hydrogen-bond donors (Lipinski definition) is 0. The molecule has 0 amide bonds. The Labute approximate surface area is 109 Å². The minimum atomic E-state index is 0.232. The lowest BCUT2D eigenvalue weighted by Gasteiger charge is -2.13. The van der Waals surface area contributed by atoms with Crippen LogP contribution in [0, 0.1) is 5.92 Å². The number of hydrogen-bond acceptors (Lipinski definition) is 2. The highest BCUT2D eigenvalue weighted by molar-refractivity contribution is 6.20. The lowest BCUT2D eigenvalue weighted by molar-refractivity contribution is 0.316. The Morgan fingerprint density at radius 3 is 2.76 bits per heavy atom. The molecule has 96 valence electrons. The SMILES string of the molecule is CCCOc1cncc(CCC(Cl)C(C)C)c1. The first-order chi connectivity index (χ1) is 8.13. The fraction of sp³-hybridized carbons (Fsp3) is 0.643. The maximum Gasteiger partial charge on any atom is 0.137 e. The Morgan fingerprint density at radius 2 is 2.12 bits per heavy atom. The van der Waals surface area contributed by atoms with Crippen LogP contribution in [0.25, 0.3) is 0 Å². The predicted molar refractivity (Wildman–Crippen MR) is 72.8 cm³/mol. The van der Waals surface area contributed by atoms with Crippen molar-refractivity contribution in [3.63, 3.8) is 0 Å². The molecule has 3 heteroatoms. The molecule has 0 spiro atoms. The number of ether oxygens (including phenoxy) is 1. The Bertz CT molecular complexity index is 328. The molecule has 1 unspecified atom stereocenters. The van der Waals surface area contributed by atoms with E-state index in [2.05, 4.69) is 31.8 Å². The van der Waals surface area contributed by atoms with Gasteiger partial charge in [-0.1, -0.05) is 20.8 Å². The molecule has 0 N–H and O–H groups in total. The first-order valence-corrected chi connectivity index (χ1v) is 6.78. The maximum atomic E-state index is 6.24. The molecule has 0 aliphatic carbocycles. The van der Waals surface area contributed by atoms with Crippen LogP contribution in [0.3, 0.4) is 0 Å². The van der Waals surface area contributed by atoms with E-state index in [9.17, 15) is 0 Å². The molecule has 0 saturated heterocycles. The maximum absolute atomic E-state index is 6.24. The monoisotopic (exact) mass is 255 g/mol. The molecule has 1 rings (SSSR count). The van der Waals surface area contributed by atoms with E-state index in [0.717, 1.165) is 31.6 Å². The molecule has 0 aliphatic rings. The second-order valence-electron chi connectivity index (χ2n) is 4.68. The van der Waals surface area contributed by atoms with Gasteiger partial charge in [0.2, 0.25) is 0 Å². The van der Waals surface area contributed by atoms with Crippen LogP contribution in [-0.2, 0) is 6.42 Å². The molecule has 0 fully saturated rings. The lowest BCUT2D eigenvalue weighted by atomic mass is 10.0. The van der Waals surface area contributed by atoms with E-state index in [-0.39, 0.29) is 5.38 Å². The van der Waals surface area contributed by atoms with Crippen LogP contribution in [0.5, 0.6) is 5.75 Å². The number of aromatic nitrogens is 1. The third-order valence-electron chi connectivity index (χ3n) is 2.67. The minimum Gasteiger partial charge on any atom is -0.492 e. The highest BCUT2D eigenvalue weighted by Gasteiger charge is 2.09. The van der Waals surface area contributed by atoms with Crippen molar-refractivity contribution in [1.29, 1.82) is 0 Å². The Morgan fingerprint density at radius 1 is 1.35 bits per heavy atom. The van der Waals surface area contributed by atoms with Gasteiger partial charge in [-0.25, -0.2) is 0 Å². The van der Waals surface area contributed by atoms with Crippen LogP contribution in [-0.4, -0.2) is 17.0 Å². The van der Waals surface area contributed by atoms with Crippen LogP contribution in [0.15, 0.2) is 18.5 Å². The van der Waals surface area contributed by atoms with E-state index < -0.39 is 0 Å². The van der Waals surface area contributed by atoms with Crippen LogP contribution in [0.2, 0.25) is 0 Å². The van der Waals surface area contributed by atoms with Gasteiger partial charge >= 0.3 is 0 Å². The second-order valence-corrected chi connectivity index (χ2v) is 5.24. The van der Waals surface area contributed by atoms with Crippen molar-refractivity contribution < 1.29 is 4.74 Å². The van der Waals surface area contributed by atoms with Gasteiger partial charge in [-0.3, -0.25) is 4.98 Å². The van der Waals surface area contributed by atoms with Gasteiger partial charge < -0.3 is 4.74 Å². The zero-order valence-corrected chi connectivity index (χ0v) is 11.7. The van der Waals surface area contributed by atoms with E-state index >= 15 is 0 Å². The topological polar surface area (TPSA) is 22.1 Å². The zero-order chi connectivity index (χ0) is 12.7. The number of pyridine rings is 1. The number of nitrogens with zero attached hydrogens (tertiary/aromatic N) is 1. The Hall–Kier alpha value is -0.760. The number of rotatable bonds is 7. The van der Waals surface area contributed by atoms with E-state index in [0.29, 0.717) is 5.92 Å². The molecule has 1 aromatic rings. The largest absolute Gasteiger partial charge is 0.492 e. The molecule has 1 aromatic heterocycles. The van der Waals surface area contributed by atoms with Gasteiger partial charge in [0, 0.05) is 11.6 Å². The second kappa shape index (κ2) is 7.54. The fourth-order valence-corrected chi connectivity index (χ4v) is 1.65. The van der Waals surface area contributed by atoms with Crippen LogP contribution in [0.4, 0.5) is 0 Å². The van der Waals surface area contributed by atoms with E-state index in [4.69, 9.17) is 16.3 Å². The van der Waals surface area contributed by atoms with E-state index in [1.807, 2.05) is 6.20 Å². The summed E-state index contributed by atoms with van der Waals surface area (Å²) in [5, 5.41) is 0.232. The van der Waals surface area contributed by atoms with E-state index in [1.165, 1.54) is 5.56 Å². The lowest BCUT2D eigenvalue weighted by Crippen LogP contribution is -2.09. The first kappa shape index (κ1) is 14.3. The van der Waals surface area contributed by atoms with Gasteiger partial charge in [0.25, 0.3) is 0 Å². The summed E-state index contributed by atoms with van der Waals surface area (Å²) in [4.78, 5) is 4.19. The summed E-state index contributed by atoms with van der Waals surface area (Å²) in [6.07, 6.45) is 6.62. The Kier molecular flexibility index (Phi) is 6.35. The average molecular weight is 256 g/mol. The number of halogens is 1. The summed E-state index contributed by atoms with van der Waals surface area (Å²) in [7, 11) is 0. The summed E-state index contributed by atoms with van der Waals surface area (Å²) >= 11 is 6.24. The Balaban J connectivity index is 2.48. The molecular formula is C14H22ClNO. The molecule has 1 atom stereocenters. The third kappa shape index (κ3) is 5.40. The van der Waals surface area contributed by atoms with Gasteiger partial charge in [-0.05, 0) is 36.8 Å². The quantitative estimate of drug-likeness (QED) is 0.686. The minimum absolute atomic E-state index is 0.232. The molecule has 0 bridgehead atoms. The third-order valence-corrected chi connectivity index (χ3v) is 3.40. The summed E-state index contributed by atoms with van der Waals surface area (Å²) < 4.78 is 5.55. The van der Waals surface area contributed by atoms with Crippen molar-refractivity contribution in [2.24, 2.45) is 5.92 Å². The van der Waals surface area contributed by atoms with Gasteiger partial charge in [0.1, 0.15) is 5.75 Å². The smallest absolute Gasteiger partial charge is 0.137 e. The molecular weight excluding hydrogens is 234 g/mol. The van der Waals surface area contributed by atoms with Crippen molar-refractivity contribution in [1.82, 2.24) is 4.98 Å². The molecule has 0 saturated carbocycles. The normalized spacial score (nSPS) is 12.8. The molecule has 0 radical (unpaired) electrons.